The Kier molecular flexibility index (Phi) is 5.15. The van der Waals surface area contributed by atoms with Gasteiger partial charge in [0.1, 0.15) is 5.01 Å². The van der Waals surface area contributed by atoms with Crippen LogP contribution < -0.4 is 10.2 Å². The molecule has 28 heavy (non-hydrogen) atoms. The second kappa shape index (κ2) is 7.73. The highest BCUT2D eigenvalue weighted by Gasteiger charge is 2.22. The highest BCUT2D eigenvalue weighted by Crippen LogP contribution is 2.31. The molecule has 1 aliphatic rings. The number of hydrogen-bond acceptors (Lipinski definition) is 4. The molecule has 0 atom stereocenters. The Morgan fingerprint density at radius 2 is 2.07 bits per heavy atom. The Bertz CT molecular complexity index is 1060. The summed E-state index contributed by atoms with van der Waals surface area (Å²) in [6, 6.07) is 13.2. The molecule has 3 aromatic rings. The number of fused-ring (bicyclic) bond motifs is 1. The van der Waals surface area contributed by atoms with Gasteiger partial charge in [0, 0.05) is 35.8 Å². The Morgan fingerprint density at radius 3 is 2.86 bits per heavy atom. The van der Waals surface area contributed by atoms with Crippen LogP contribution in [-0.2, 0) is 22.4 Å². The number of amides is 2. The van der Waals surface area contributed by atoms with Crippen molar-refractivity contribution in [2.75, 3.05) is 16.8 Å². The average Bonchev–Trinajstić information content (AvgIpc) is 3.28. The minimum atomic E-state index is -0.127. The summed E-state index contributed by atoms with van der Waals surface area (Å²) in [5, 5.41) is 6.25. The second-order valence-corrected chi connectivity index (χ2v) is 7.88. The molecule has 2 amide bonds. The van der Waals surface area contributed by atoms with Crippen molar-refractivity contribution in [3.8, 4) is 10.6 Å². The van der Waals surface area contributed by atoms with Crippen molar-refractivity contribution in [1.29, 1.82) is 0 Å². The molecule has 7 heteroatoms. The molecule has 4 rings (SSSR count). The summed E-state index contributed by atoms with van der Waals surface area (Å²) in [6.45, 7) is 2.25. The number of halogens is 1. The van der Waals surface area contributed by atoms with Gasteiger partial charge >= 0.3 is 0 Å². The van der Waals surface area contributed by atoms with E-state index in [1.54, 1.807) is 11.8 Å². The number of thiazole rings is 1. The number of nitrogens with zero attached hydrogens (tertiary/aromatic N) is 2. The van der Waals surface area contributed by atoms with Crippen LogP contribution in [0.15, 0.2) is 47.8 Å². The van der Waals surface area contributed by atoms with Gasteiger partial charge in [-0.15, -0.1) is 11.3 Å². The fraction of sp³-hybridized carbons (Fsp3) is 0.190. The molecule has 0 spiro atoms. The summed E-state index contributed by atoms with van der Waals surface area (Å²) in [7, 11) is 0. The summed E-state index contributed by atoms with van der Waals surface area (Å²) < 4.78 is 0. The molecule has 1 N–H and O–H groups in total. The highest BCUT2D eigenvalue weighted by atomic mass is 35.5. The standard InChI is InChI=1S/C21H18ClN3O2S/c1-13(26)25-9-8-14-10-15(6-7-19(14)25)23-20(27)11-16-12-28-21(24-16)17-4-2-3-5-18(17)22/h2-7,10,12H,8-9,11H2,1H3,(H,23,27). The van der Waals surface area contributed by atoms with Gasteiger partial charge in [0.05, 0.1) is 17.1 Å². The van der Waals surface area contributed by atoms with Crippen LogP contribution in [0.25, 0.3) is 10.6 Å². The summed E-state index contributed by atoms with van der Waals surface area (Å²) in [6.07, 6.45) is 0.990. The quantitative estimate of drug-likeness (QED) is 0.684. The van der Waals surface area contributed by atoms with E-state index in [1.165, 1.54) is 11.3 Å². The van der Waals surface area contributed by atoms with Crippen LogP contribution in [0.2, 0.25) is 5.02 Å². The van der Waals surface area contributed by atoms with Crippen molar-refractivity contribution < 1.29 is 9.59 Å². The monoisotopic (exact) mass is 411 g/mol. The fourth-order valence-corrected chi connectivity index (χ4v) is 4.46. The van der Waals surface area contributed by atoms with Gasteiger partial charge in [-0.2, -0.15) is 0 Å². The van der Waals surface area contributed by atoms with Crippen LogP contribution in [0.4, 0.5) is 11.4 Å². The Labute approximate surface area is 172 Å². The second-order valence-electron chi connectivity index (χ2n) is 6.61. The Balaban J connectivity index is 1.43. The number of benzene rings is 2. The summed E-state index contributed by atoms with van der Waals surface area (Å²) in [5.74, 6) is -0.0919. The van der Waals surface area contributed by atoms with Crippen LogP contribution in [0.3, 0.4) is 0 Å². The number of nitrogens with one attached hydrogen (secondary N) is 1. The first-order chi connectivity index (χ1) is 13.5. The largest absolute Gasteiger partial charge is 0.326 e. The lowest BCUT2D eigenvalue weighted by molar-refractivity contribution is -0.117. The number of carbonyl (C=O) groups is 2. The zero-order valence-corrected chi connectivity index (χ0v) is 16.8. The molecule has 0 saturated heterocycles. The van der Waals surface area contributed by atoms with E-state index < -0.39 is 0 Å². The van der Waals surface area contributed by atoms with E-state index >= 15 is 0 Å². The molecule has 1 aromatic heterocycles. The maximum Gasteiger partial charge on any atom is 0.230 e. The summed E-state index contributed by atoms with van der Waals surface area (Å²) in [5.41, 5.74) is 4.31. The number of carbonyl (C=O) groups excluding carboxylic acids is 2. The van der Waals surface area contributed by atoms with Crippen LogP contribution in [0, 0.1) is 0 Å². The molecule has 0 bridgehead atoms. The van der Waals surface area contributed by atoms with Crippen molar-refractivity contribution in [1.82, 2.24) is 4.98 Å². The van der Waals surface area contributed by atoms with E-state index in [0.29, 0.717) is 17.3 Å². The molecule has 2 aromatic carbocycles. The Morgan fingerprint density at radius 1 is 1.25 bits per heavy atom. The molecule has 2 heterocycles. The van der Waals surface area contributed by atoms with Crippen molar-refractivity contribution in [2.24, 2.45) is 0 Å². The van der Waals surface area contributed by atoms with Crippen LogP contribution in [-0.4, -0.2) is 23.3 Å². The third kappa shape index (κ3) is 3.79. The zero-order chi connectivity index (χ0) is 19.7. The Hall–Kier alpha value is -2.70. The molecular formula is C21H18ClN3O2S. The van der Waals surface area contributed by atoms with Gasteiger partial charge in [-0.1, -0.05) is 29.8 Å². The highest BCUT2D eigenvalue weighted by molar-refractivity contribution is 7.13. The predicted octanol–water partition coefficient (Wildman–Crippen LogP) is 4.55. The van der Waals surface area contributed by atoms with E-state index in [9.17, 15) is 9.59 Å². The van der Waals surface area contributed by atoms with E-state index in [1.807, 2.05) is 47.8 Å². The van der Waals surface area contributed by atoms with E-state index in [4.69, 9.17) is 11.6 Å². The number of rotatable bonds is 4. The topological polar surface area (TPSA) is 62.3 Å². The minimum absolute atomic E-state index is 0.0355. The normalized spacial score (nSPS) is 12.7. The molecule has 142 valence electrons. The van der Waals surface area contributed by atoms with Crippen molar-refractivity contribution in [3.05, 3.63) is 64.1 Å². The predicted molar refractivity (Wildman–Crippen MR) is 113 cm³/mol. The third-order valence-electron chi connectivity index (χ3n) is 4.64. The van der Waals surface area contributed by atoms with Gasteiger partial charge in [-0.05, 0) is 36.2 Å². The maximum absolute atomic E-state index is 12.4. The number of anilines is 2. The number of hydrogen-bond donors (Lipinski definition) is 1. The van der Waals surface area contributed by atoms with Crippen LogP contribution in [0.5, 0.6) is 0 Å². The van der Waals surface area contributed by atoms with Gasteiger partial charge in [0.25, 0.3) is 0 Å². The minimum Gasteiger partial charge on any atom is -0.326 e. The van der Waals surface area contributed by atoms with Gasteiger partial charge in [-0.3, -0.25) is 9.59 Å². The van der Waals surface area contributed by atoms with Gasteiger partial charge in [0.15, 0.2) is 0 Å². The number of aromatic nitrogens is 1. The van der Waals surface area contributed by atoms with Crippen LogP contribution >= 0.6 is 22.9 Å². The zero-order valence-electron chi connectivity index (χ0n) is 15.2. The lowest BCUT2D eigenvalue weighted by Gasteiger charge is -2.15. The first-order valence-electron chi connectivity index (χ1n) is 8.91. The molecular weight excluding hydrogens is 394 g/mol. The first kappa shape index (κ1) is 18.7. The third-order valence-corrected chi connectivity index (χ3v) is 5.89. The van der Waals surface area contributed by atoms with E-state index in [2.05, 4.69) is 10.3 Å². The molecule has 0 saturated carbocycles. The lowest BCUT2D eigenvalue weighted by Crippen LogP contribution is -2.25. The summed E-state index contributed by atoms with van der Waals surface area (Å²) >= 11 is 7.69. The van der Waals surface area contributed by atoms with Crippen LogP contribution in [0.1, 0.15) is 18.2 Å². The van der Waals surface area contributed by atoms with Gasteiger partial charge in [-0.25, -0.2) is 4.98 Å². The van der Waals surface area contributed by atoms with Crippen molar-refractivity contribution in [2.45, 2.75) is 19.8 Å². The van der Waals surface area contributed by atoms with Crippen molar-refractivity contribution >= 4 is 46.1 Å². The summed E-state index contributed by atoms with van der Waals surface area (Å²) in [4.78, 5) is 30.4. The van der Waals surface area contributed by atoms with E-state index in [0.717, 1.165) is 33.9 Å². The van der Waals surface area contributed by atoms with Crippen molar-refractivity contribution in [3.63, 3.8) is 0 Å². The molecule has 0 aliphatic carbocycles. The lowest BCUT2D eigenvalue weighted by atomic mass is 10.1. The SMILES string of the molecule is CC(=O)N1CCc2cc(NC(=O)Cc3csc(-c4ccccc4Cl)n3)ccc21. The smallest absolute Gasteiger partial charge is 0.230 e. The molecule has 5 nitrogen and oxygen atoms in total. The maximum atomic E-state index is 12.4. The molecule has 0 fully saturated rings. The molecule has 0 radical (unpaired) electrons. The fourth-order valence-electron chi connectivity index (χ4n) is 3.32. The first-order valence-corrected chi connectivity index (χ1v) is 10.2. The van der Waals surface area contributed by atoms with Gasteiger partial charge in [0.2, 0.25) is 11.8 Å². The van der Waals surface area contributed by atoms with Gasteiger partial charge < -0.3 is 10.2 Å². The molecule has 0 unspecified atom stereocenters. The average molecular weight is 412 g/mol. The van der Waals surface area contributed by atoms with E-state index in [-0.39, 0.29) is 18.2 Å². The molecule has 1 aliphatic heterocycles.